The zero-order valence-electron chi connectivity index (χ0n) is 9.57. The topological polar surface area (TPSA) is 21.6 Å². The highest BCUT2D eigenvalue weighted by Gasteiger charge is 1.91. The van der Waals surface area contributed by atoms with Crippen molar-refractivity contribution in [1.29, 1.82) is 0 Å². The summed E-state index contributed by atoms with van der Waals surface area (Å²) in [6, 6.07) is 8.30. The highest BCUT2D eigenvalue weighted by atomic mass is 16.6. The predicted molar refractivity (Wildman–Crippen MR) is 64.0 cm³/mol. The number of unbranched alkanes of at least 4 members (excludes halogenated alkanes) is 2. The minimum atomic E-state index is 0.558. The highest BCUT2D eigenvalue weighted by Crippen LogP contribution is 2.04. The van der Waals surface area contributed by atoms with Gasteiger partial charge in [-0.1, -0.05) is 48.3 Å². The minimum absolute atomic E-state index is 0.558. The summed E-state index contributed by atoms with van der Waals surface area (Å²) < 4.78 is 0. The normalized spacial score (nSPS) is 10.8. The molecule has 0 aliphatic rings. The van der Waals surface area contributed by atoms with Crippen LogP contribution >= 0.6 is 0 Å². The fraction of sp³-hybridized carbons (Fsp3) is 0.462. The van der Waals surface area contributed by atoms with Gasteiger partial charge in [-0.05, 0) is 25.3 Å². The third kappa shape index (κ3) is 5.21. The van der Waals surface area contributed by atoms with E-state index < -0.39 is 0 Å². The zero-order valence-corrected chi connectivity index (χ0v) is 9.57. The fourth-order valence-corrected chi connectivity index (χ4v) is 1.20. The van der Waals surface area contributed by atoms with Crippen LogP contribution in [0.5, 0.6) is 0 Å². The van der Waals surface area contributed by atoms with Crippen molar-refractivity contribution < 1.29 is 4.84 Å². The monoisotopic (exact) mass is 205 g/mol. The molecule has 2 heteroatoms. The Morgan fingerprint density at radius 1 is 1.27 bits per heavy atom. The van der Waals surface area contributed by atoms with Gasteiger partial charge in [-0.25, -0.2) is 0 Å². The van der Waals surface area contributed by atoms with Gasteiger partial charge < -0.3 is 4.84 Å². The molecule has 0 spiro atoms. The third-order valence-corrected chi connectivity index (χ3v) is 2.19. The van der Waals surface area contributed by atoms with Crippen LogP contribution in [0.25, 0.3) is 0 Å². The molecule has 0 saturated heterocycles. The molecule has 1 aromatic rings. The molecule has 0 aliphatic heterocycles. The highest BCUT2D eigenvalue weighted by molar-refractivity contribution is 5.56. The molecule has 0 saturated carbocycles. The maximum absolute atomic E-state index is 5.18. The number of nitrogens with zero attached hydrogens (tertiary/aromatic N) is 1. The molecular weight excluding hydrogens is 186 g/mol. The minimum Gasteiger partial charge on any atom is -0.391 e. The van der Waals surface area contributed by atoms with Gasteiger partial charge in [-0.15, -0.1) is 0 Å². The van der Waals surface area contributed by atoms with Gasteiger partial charge in [-0.3, -0.25) is 0 Å². The van der Waals surface area contributed by atoms with Crippen molar-refractivity contribution >= 4 is 6.21 Å². The third-order valence-electron chi connectivity index (χ3n) is 2.19. The lowest BCUT2D eigenvalue weighted by molar-refractivity contribution is 0.131. The molecule has 0 fully saturated rings. The lowest BCUT2D eigenvalue weighted by atomic mass is 10.2. The summed E-state index contributed by atoms with van der Waals surface area (Å²) >= 11 is 0. The molecule has 0 unspecified atom stereocenters. The molecule has 0 radical (unpaired) electrons. The molecule has 82 valence electrons. The number of hydrogen-bond acceptors (Lipinski definition) is 2. The number of hydrogen-bond donors (Lipinski definition) is 0. The Labute approximate surface area is 91.9 Å². The summed E-state index contributed by atoms with van der Waals surface area (Å²) in [5, 5.41) is 3.90. The van der Waals surface area contributed by atoms with E-state index in [9.17, 15) is 0 Å². The average molecular weight is 205 g/mol. The van der Waals surface area contributed by atoms with Crippen molar-refractivity contribution in [2.75, 3.05) is 0 Å². The van der Waals surface area contributed by atoms with E-state index in [0.717, 1.165) is 12.0 Å². The molecule has 0 aromatic heterocycles. The van der Waals surface area contributed by atoms with Crippen LogP contribution in [0, 0.1) is 6.92 Å². The Bertz CT molecular complexity index is 290. The summed E-state index contributed by atoms with van der Waals surface area (Å²) in [5.74, 6) is 0. The van der Waals surface area contributed by atoms with Crippen molar-refractivity contribution in [3.05, 3.63) is 35.4 Å². The van der Waals surface area contributed by atoms with Gasteiger partial charge >= 0.3 is 0 Å². The van der Waals surface area contributed by atoms with E-state index in [2.05, 4.69) is 43.3 Å². The molecule has 1 rings (SSSR count). The van der Waals surface area contributed by atoms with Crippen LogP contribution in [0.1, 0.15) is 37.3 Å². The molecule has 0 atom stereocenters. The molecule has 1 aromatic carbocycles. The van der Waals surface area contributed by atoms with Crippen molar-refractivity contribution in [3.8, 4) is 0 Å². The Hall–Kier alpha value is -1.31. The smallest absolute Gasteiger partial charge is 0.142 e. The Morgan fingerprint density at radius 2 is 2.00 bits per heavy atom. The van der Waals surface area contributed by atoms with Gasteiger partial charge in [-0.2, -0.15) is 0 Å². The zero-order chi connectivity index (χ0) is 10.9. The first-order valence-electron chi connectivity index (χ1n) is 5.52. The summed E-state index contributed by atoms with van der Waals surface area (Å²) in [6.45, 7) is 4.80. The van der Waals surface area contributed by atoms with E-state index in [1.165, 1.54) is 18.4 Å². The standard InChI is InChI=1S/C13H19NO/c1-3-4-5-10-14-15-11-13-8-6-12(2)7-9-13/h6-10H,3-5,11H2,1-2H3. The molecule has 0 amide bonds. The lowest BCUT2D eigenvalue weighted by Gasteiger charge is -1.99. The van der Waals surface area contributed by atoms with E-state index in [1.54, 1.807) is 0 Å². The summed E-state index contributed by atoms with van der Waals surface area (Å²) in [4.78, 5) is 5.18. The molecule has 0 N–H and O–H groups in total. The SMILES string of the molecule is CCCCC=NOCc1ccc(C)cc1. The molecular formula is C13H19NO. The van der Waals surface area contributed by atoms with Crippen LogP contribution in [-0.2, 0) is 11.4 Å². The number of benzene rings is 1. The van der Waals surface area contributed by atoms with Crippen molar-refractivity contribution in [2.24, 2.45) is 5.16 Å². The van der Waals surface area contributed by atoms with Gasteiger partial charge in [0.2, 0.25) is 0 Å². The quantitative estimate of drug-likeness (QED) is 0.394. The average Bonchev–Trinajstić information content (AvgIpc) is 2.26. The van der Waals surface area contributed by atoms with Gasteiger partial charge in [0.1, 0.15) is 6.61 Å². The number of oxime groups is 1. The molecule has 0 heterocycles. The van der Waals surface area contributed by atoms with Gasteiger partial charge in [0.15, 0.2) is 0 Å². The van der Waals surface area contributed by atoms with Crippen LogP contribution in [0.3, 0.4) is 0 Å². The van der Waals surface area contributed by atoms with E-state index in [0.29, 0.717) is 6.61 Å². The predicted octanol–water partition coefficient (Wildman–Crippen LogP) is 3.69. The van der Waals surface area contributed by atoms with Gasteiger partial charge in [0, 0.05) is 6.21 Å². The van der Waals surface area contributed by atoms with E-state index in [4.69, 9.17) is 4.84 Å². The first-order valence-corrected chi connectivity index (χ1v) is 5.52. The first kappa shape index (κ1) is 11.8. The van der Waals surface area contributed by atoms with Gasteiger partial charge in [0.25, 0.3) is 0 Å². The summed E-state index contributed by atoms with van der Waals surface area (Å²) in [7, 11) is 0. The maximum atomic E-state index is 5.18. The van der Waals surface area contributed by atoms with Crippen molar-refractivity contribution in [3.63, 3.8) is 0 Å². The Kier molecular flexibility index (Phi) is 5.52. The lowest BCUT2D eigenvalue weighted by Crippen LogP contribution is -1.87. The second kappa shape index (κ2) is 7.04. The van der Waals surface area contributed by atoms with Crippen molar-refractivity contribution in [2.45, 2.75) is 39.7 Å². The molecule has 0 bridgehead atoms. The second-order valence-corrected chi connectivity index (χ2v) is 3.69. The van der Waals surface area contributed by atoms with Gasteiger partial charge in [0.05, 0.1) is 0 Å². The summed E-state index contributed by atoms with van der Waals surface area (Å²) in [6.07, 6.45) is 5.23. The fourth-order valence-electron chi connectivity index (χ4n) is 1.20. The van der Waals surface area contributed by atoms with Crippen molar-refractivity contribution in [1.82, 2.24) is 0 Å². The second-order valence-electron chi connectivity index (χ2n) is 3.69. The summed E-state index contributed by atoms with van der Waals surface area (Å²) in [5.41, 5.74) is 2.43. The van der Waals surface area contributed by atoms with Crippen LogP contribution in [0.4, 0.5) is 0 Å². The number of aryl methyl sites for hydroxylation is 1. The van der Waals surface area contributed by atoms with Crippen LogP contribution in [0.15, 0.2) is 29.4 Å². The van der Waals surface area contributed by atoms with E-state index >= 15 is 0 Å². The van der Waals surface area contributed by atoms with Crippen LogP contribution in [0.2, 0.25) is 0 Å². The van der Waals surface area contributed by atoms with Crippen LogP contribution in [-0.4, -0.2) is 6.21 Å². The van der Waals surface area contributed by atoms with E-state index in [1.807, 2.05) is 6.21 Å². The Morgan fingerprint density at radius 3 is 2.67 bits per heavy atom. The van der Waals surface area contributed by atoms with Crippen LogP contribution < -0.4 is 0 Å². The maximum Gasteiger partial charge on any atom is 0.142 e. The number of rotatable bonds is 6. The van der Waals surface area contributed by atoms with E-state index in [-0.39, 0.29) is 0 Å². The Balaban J connectivity index is 2.20. The first-order chi connectivity index (χ1) is 7.33. The molecule has 2 nitrogen and oxygen atoms in total. The molecule has 15 heavy (non-hydrogen) atoms. The molecule has 0 aliphatic carbocycles. The largest absolute Gasteiger partial charge is 0.391 e.